The molecular formula is C19H18N2O2. The number of hydrogen-bond acceptors (Lipinski definition) is 4. The van der Waals surface area contributed by atoms with E-state index in [1.807, 2.05) is 30.3 Å². The maximum Gasteiger partial charge on any atom is 0.313 e. The molecule has 0 N–H and O–H groups in total. The Hall–Kier alpha value is -2.75. The Labute approximate surface area is 135 Å². The van der Waals surface area contributed by atoms with Crippen LogP contribution in [0.4, 0.5) is 5.69 Å². The highest BCUT2D eigenvalue weighted by atomic mass is 16.5. The number of ether oxygens (including phenoxy) is 1. The summed E-state index contributed by atoms with van der Waals surface area (Å²) in [5.74, 6) is -0.380. The molecule has 2 aromatic carbocycles. The number of hydrogen-bond donors (Lipinski definition) is 0. The van der Waals surface area contributed by atoms with Crippen molar-refractivity contribution in [1.82, 2.24) is 5.01 Å². The van der Waals surface area contributed by atoms with Gasteiger partial charge in [-0.15, -0.1) is 0 Å². The van der Waals surface area contributed by atoms with Crippen LogP contribution in [0, 0.1) is 5.92 Å². The minimum atomic E-state index is -0.216. The maximum atomic E-state index is 12.4. The minimum Gasteiger partial charge on any atom is -0.469 e. The minimum absolute atomic E-state index is 0.0242. The van der Waals surface area contributed by atoms with E-state index >= 15 is 0 Å². The number of rotatable bonds is 2. The molecule has 116 valence electrons. The van der Waals surface area contributed by atoms with Crippen LogP contribution in [-0.4, -0.2) is 24.6 Å². The first kappa shape index (κ1) is 13.9. The van der Waals surface area contributed by atoms with Crippen LogP contribution in [0.15, 0.2) is 60.8 Å². The van der Waals surface area contributed by atoms with Gasteiger partial charge in [-0.3, -0.25) is 14.8 Å². The number of benzene rings is 2. The first-order chi connectivity index (χ1) is 11.3. The molecule has 1 fully saturated rings. The van der Waals surface area contributed by atoms with Gasteiger partial charge in [-0.1, -0.05) is 42.5 Å². The predicted octanol–water partition coefficient (Wildman–Crippen LogP) is 3.24. The lowest BCUT2D eigenvalue weighted by atomic mass is 9.89. The normalized spacial score (nSPS) is 21.8. The van der Waals surface area contributed by atoms with Gasteiger partial charge in [0.15, 0.2) is 0 Å². The van der Waals surface area contributed by atoms with Crippen molar-refractivity contribution in [3.05, 3.63) is 71.9 Å². The smallest absolute Gasteiger partial charge is 0.313 e. The van der Waals surface area contributed by atoms with E-state index in [0.29, 0.717) is 6.54 Å². The average molecular weight is 306 g/mol. The number of esters is 1. The van der Waals surface area contributed by atoms with Gasteiger partial charge in [0.2, 0.25) is 0 Å². The number of carbonyl (C=O) groups is 1. The molecule has 2 aliphatic heterocycles. The van der Waals surface area contributed by atoms with E-state index in [-0.39, 0.29) is 17.9 Å². The Morgan fingerprint density at radius 1 is 1.09 bits per heavy atom. The highest BCUT2D eigenvalue weighted by Crippen LogP contribution is 2.44. The van der Waals surface area contributed by atoms with E-state index < -0.39 is 0 Å². The Morgan fingerprint density at radius 3 is 2.61 bits per heavy atom. The second kappa shape index (κ2) is 5.47. The fourth-order valence-corrected chi connectivity index (χ4v) is 3.53. The van der Waals surface area contributed by atoms with E-state index in [0.717, 1.165) is 11.3 Å². The molecule has 4 heteroatoms. The van der Waals surface area contributed by atoms with Crippen molar-refractivity contribution in [3.63, 3.8) is 0 Å². The van der Waals surface area contributed by atoms with E-state index in [2.05, 4.69) is 46.6 Å². The number of fused-ring (bicyclic) bond motifs is 3. The van der Waals surface area contributed by atoms with E-state index in [1.165, 1.54) is 12.7 Å². The van der Waals surface area contributed by atoms with Crippen LogP contribution < -0.4 is 5.01 Å². The monoisotopic (exact) mass is 306 g/mol. The lowest BCUT2D eigenvalue weighted by molar-refractivity contribution is -0.145. The molecule has 0 saturated carbocycles. The van der Waals surface area contributed by atoms with Gasteiger partial charge in [-0.05, 0) is 29.3 Å². The molecule has 0 radical (unpaired) electrons. The maximum absolute atomic E-state index is 12.4. The number of anilines is 1. The van der Waals surface area contributed by atoms with Gasteiger partial charge in [0.05, 0.1) is 25.4 Å². The predicted molar refractivity (Wildman–Crippen MR) is 89.4 cm³/mol. The van der Waals surface area contributed by atoms with Gasteiger partial charge in [-0.25, -0.2) is 0 Å². The highest BCUT2D eigenvalue weighted by molar-refractivity contribution is 5.77. The van der Waals surface area contributed by atoms with Crippen LogP contribution in [0.5, 0.6) is 0 Å². The number of nitrogens with zero attached hydrogens (tertiary/aromatic N) is 2. The second-order valence-corrected chi connectivity index (χ2v) is 5.82. The first-order valence-corrected chi connectivity index (χ1v) is 7.75. The summed E-state index contributed by atoms with van der Waals surface area (Å²) in [5, 5.41) is 4.30. The molecule has 0 aliphatic carbocycles. The summed E-state index contributed by atoms with van der Waals surface area (Å²) < 4.78 is 5.07. The van der Waals surface area contributed by atoms with Gasteiger partial charge in [0, 0.05) is 6.20 Å². The fourth-order valence-electron chi connectivity index (χ4n) is 3.53. The molecule has 4 nitrogen and oxygen atoms in total. The Morgan fingerprint density at radius 2 is 1.83 bits per heavy atom. The molecule has 2 heterocycles. The van der Waals surface area contributed by atoms with Crippen molar-refractivity contribution in [2.75, 3.05) is 18.7 Å². The van der Waals surface area contributed by atoms with Crippen molar-refractivity contribution < 1.29 is 9.53 Å². The SMILES string of the molecule is COC(=O)C1CN(c2ccccc2)N2C=Cc3ccccc3[C@H]12. The summed E-state index contributed by atoms with van der Waals surface area (Å²) in [5.41, 5.74) is 3.41. The van der Waals surface area contributed by atoms with Crippen molar-refractivity contribution in [2.45, 2.75) is 6.04 Å². The van der Waals surface area contributed by atoms with Crippen LogP contribution in [0.2, 0.25) is 0 Å². The van der Waals surface area contributed by atoms with Gasteiger partial charge < -0.3 is 4.74 Å². The van der Waals surface area contributed by atoms with Gasteiger partial charge in [0.25, 0.3) is 0 Å². The van der Waals surface area contributed by atoms with Crippen molar-refractivity contribution in [3.8, 4) is 0 Å². The third-order valence-corrected chi connectivity index (χ3v) is 4.59. The van der Waals surface area contributed by atoms with Gasteiger partial charge in [-0.2, -0.15) is 0 Å². The third kappa shape index (κ3) is 2.18. The summed E-state index contributed by atoms with van der Waals surface area (Å²) in [6.07, 6.45) is 4.16. The van der Waals surface area contributed by atoms with Crippen molar-refractivity contribution in [1.29, 1.82) is 0 Å². The van der Waals surface area contributed by atoms with E-state index in [1.54, 1.807) is 0 Å². The molecule has 0 amide bonds. The number of hydrazine groups is 1. The summed E-state index contributed by atoms with van der Waals surface area (Å²) in [6.45, 7) is 0.611. The molecule has 2 aromatic rings. The lowest BCUT2D eigenvalue weighted by Crippen LogP contribution is -2.35. The molecule has 1 unspecified atom stereocenters. The zero-order valence-electron chi connectivity index (χ0n) is 12.9. The molecular weight excluding hydrogens is 288 g/mol. The second-order valence-electron chi connectivity index (χ2n) is 5.82. The van der Waals surface area contributed by atoms with Crippen molar-refractivity contribution in [2.24, 2.45) is 5.92 Å². The summed E-state index contributed by atoms with van der Waals surface area (Å²) in [7, 11) is 1.46. The molecule has 23 heavy (non-hydrogen) atoms. The Kier molecular flexibility index (Phi) is 3.30. The van der Waals surface area contributed by atoms with Gasteiger partial charge in [0.1, 0.15) is 5.92 Å². The average Bonchev–Trinajstić information content (AvgIpc) is 3.02. The number of methoxy groups -OCH3 is 1. The molecule has 2 aliphatic rings. The summed E-state index contributed by atoms with van der Waals surface area (Å²) in [4.78, 5) is 12.4. The van der Waals surface area contributed by atoms with Crippen LogP contribution in [0.25, 0.3) is 6.08 Å². The van der Waals surface area contributed by atoms with Crippen LogP contribution >= 0.6 is 0 Å². The molecule has 4 rings (SSSR count). The van der Waals surface area contributed by atoms with Crippen LogP contribution in [0.3, 0.4) is 0 Å². The van der Waals surface area contributed by atoms with Crippen LogP contribution in [-0.2, 0) is 9.53 Å². The quantitative estimate of drug-likeness (QED) is 0.798. The fraction of sp³-hybridized carbons (Fsp3) is 0.211. The molecule has 0 aromatic heterocycles. The number of para-hydroxylation sites is 1. The van der Waals surface area contributed by atoms with Crippen molar-refractivity contribution >= 4 is 17.7 Å². The highest BCUT2D eigenvalue weighted by Gasteiger charge is 2.45. The molecule has 2 atom stereocenters. The molecule has 0 bridgehead atoms. The topological polar surface area (TPSA) is 32.8 Å². The van der Waals surface area contributed by atoms with E-state index in [9.17, 15) is 4.79 Å². The first-order valence-electron chi connectivity index (χ1n) is 7.75. The third-order valence-electron chi connectivity index (χ3n) is 4.59. The standard InChI is InChI=1S/C19H18N2O2/c1-23-19(22)17-13-21(15-8-3-2-4-9-15)20-12-11-14-7-5-6-10-16(14)18(17)20/h2-12,17-18H,13H2,1H3/t17?,18-/m1/s1. The van der Waals surface area contributed by atoms with E-state index in [4.69, 9.17) is 4.74 Å². The zero-order valence-corrected chi connectivity index (χ0v) is 12.9. The largest absolute Gasteiger partial charge is 0.469 e. The zero-order chi connectivity index (χ0) is 15.8. The Balaban J connectivity index is 1.80. The van der Waals surface area contributed by atoms with Crippen LogP contribution in [0.1, 0.15) is 17.2 Å². The summed E-state index contributed by atoms with van der Waals surface area (Å²) in [6, 6.07) is 18.3. The van der Waals surface area contributed by atoms with Gasteiger partial charge >= 0.3 is 5.97 Å². The summed E-state index contributed by atoms with van der Waals surface area (Å²) >= 11 is 0. The Bertz CT molecular complexity index is 757. The molecule has 1 saturated heterocycles. The number of carbonyl (C=O) groups excluding carboxylic acids is 1. The lowest BCUT2D eigenvalue weighted by Gasteiger charge is -2.36. The molecule has 0 spiro atoms.